The van der Waals surface area contributed by atoms with Crippen LogP contribution in [0.4, 0.5) is 10.5 Å². The molecule has 1 aliphatic rings. The lowest BCUT2D eigenvalue weighted by molar-refractivity contribution is 0.116. The van der Waals surface area contributed by atoms with E-state index in [1.165, 1.54) is 0 Å². The van der Waals surface area contributed by atoms with Gasteiger partial charge in [0, 0.05) is 29.4 Å². The number of urea groups is 1. The minimum absolute atomic E-state index is 0.174. The molecule has 4 nitrogen and oxygen atoms in total. The monoisotopic (exact) mass is 328 g/mol. The average molecular weight is 329 g/mol. The normalized spacial score (nSPS) is 21.3. The molecule has 1 saturated carbocycles. The van der Waals surface area contributed by atoms with Crippen molar-refractivity contribution in [1.82, 2.24) is 4.90 Å². The second-order valence-electron chi connectivity index (χ2n) is 5.41. The van der Waals surface area contributed by atoms with Crippen molar-refractivity contribution >= 4 is 35.1 Å². The fourth-order valence-electron chi connectivity index (χ4n) is 2.65. The summed E-state index contributed by atoms with van der Waals surface area (Å²) in [6, 6.07) is 5.28. The lowest BCUT2D eigenvalue weighted by Gasteiger charge is -2.24. The standard InChI is InChI=1S/C15H21ClN2O2S/c1-18(9-10-4-3-5-13(10)19)15(20)17-12-8-11(16)6-7-14(12)21-2/h6-8,10,13,19H,3-5,9H2,1-2H3,(H,17,20). The number of amides is 2. The van der Waals surface area contributed by atoms with Gasteiger partial charge in [-0.05, 0) is 37.3 Å². The predicted molar refractivity (Wildman–Crippen MR) is 88.2 cm³/mol. The van der Waals surface area contributed by atoms with Crippen molar-refractivity contribution in [3.8, 4) is 0 Å². The fraction of sp³-hybridized carbons (Fsp3) is 0.533. The number of anilines is 1. The molecule has 0 heterocycles. The maximum Gasteiger partial charge on any atom is 0.321 e. The van der Waals surface area contributed by atoms with E-state index in [1.54, 1.807) is 29.8 Å². The van der Waals surface area contributed by atoms with Gasteiger partial charge in [-0.15, -0.1) is 11.8 Å². The number of nitrogens with zero attached hydrogens (tertiary/aromatic N) is 1. The first-order valence-electron chi connectivity index (χ1n) is 7.05. The van der Waals surface area contributed by atoms with E-state index in [1.807, 2.05) is 18.4 Å². The highest BCUT2D eigenvalue weighted by atomic mass is 35.5. The van der Waals surface area contributed by atoms with Crippen molar-refractivity contribution in [3.05, 3.63) is 23.2 Å². The van der Waals surface area contributed by atoms with Gasteiger partial charge < -0.3 is 15.3 Å². The lowest BCUT2D eigenvalue weighted by atomic mass is 10.1. The number of hydrogen-bond acceptors (Lipinski definition) is 3. The van der Waals surface area contributed by atoms with Crippen molar-refractivity contribution in [3.63, 3.8) is 0 Å². The number of carbonyl (C=O) groups is 1. The van der Waals surface area contributed by atoms with E-state index < -0.39 is 0 Å². The van der Waals surface area contributed by atoms with Crippen LogP contribution in [0.15, 0.2) is 23.1 Å². The van der Waals surface area contributed by atoms with E-state index in [0.717, 1.165) is 29.8 Å². The number of rotatable bonds is 4. The molecule has 0 spiro atoms. The molecule has 2 rings (SSSR count). The number of nitrogens with one attached hydrogen (secondary N) is 1. The largest absolute Gasteiger partial charge is 0.393 e. The third-order valence-electron chi connectivity index (χ3n) is 3.88. The molecule has 0 bridgehead atoms. The zero-order valence-electron chi connectivity index (χ0n) is 12.3. The first-order valence-corrected chi connectivity index (χ1v) is 8.65. The third kappa shape index (κ3) is 4.28. The Morgan fingerprint density at radius 1 is 1.52 bits per heavy atom. The third-order valence-corrected chi connectivity index (χ3v) is 4.91. The highest BCUT2D eigenvalue weighted by molar-refractivity contribution is 7.98. The predicted octanol–water partition coefficient (Wildman–Crippen LogP) is 3.69. The quantitative estimate of drug-likeness (QED) is 0.829. The second kappa shape index (κ2) is 7.38. The molecule has 2 N–H and O–H groups in total. The van der Waals surface area contributed by atoms with Crippen LogP contribution in [0.2, 0.25) is 5.02 Å². The summed E-state index contributed by atoms with van der Waals surface area (Å²) >= 11 is 7.55. The Morgan fingerprint density at radius 2 is 2.29 bits per heavy atom. The molecule has 0 aliphatic heterocycles. The molecule has 1 fully saturated rings. The number of aliphatic hydroxyl groups excluding tert-OH is 1. The van der Waals surface area contributed by atoms with E-state index in [-0.39, 0.29) is 18.1 Å². The molecule has 2 unspecified atom stereocenters. The van der Waals surface area contributed by atoms with Gasteiger partial charge in [-0.3, -0.25) is 0 Å². The molecule has 116 valence electrons. The summed E-state index contributed by atoms with van der Waals surface area (Å²) in [6.45, 7) is 0.572. The molecule has 6 heteroatoms. The van der Waals surface area contributed by atoms with Crippen molar-refractivity contribution in [1.29, 1.82) is 0 Å². The van der Waals surface area contributed by atoms with Crippen molar-refractivity contribution in [2.75, 3.05) is 25.2 Å². The first kappa shape index (κ1) is 16.5. The first-order chi connectivity index (χ1) is 10.0. The van der Waals surface area contributed by atoms with Gasteiger partial charge in [0.25, 0.3) is 0 Å². The van der Waals surface area contributed by atoms with Crippen LogP contribution in [0.3, 0.4) is 0 Å². The zero-order chi connectivity index (χ0) is 15.4. The SMILES string of the molecule is CSc1ccc(Cl)cc1NC(=O)N(C)CC1CCCC1O. The van der Waals surface area contributed by atoms with Gasteiger partial charge in [-0.25, -0.2) is 4.79 Å². The van der Waals surface area contributed by atoms with E-state index in [4.69, 9.17) is 11.6 Å². The summed E-state index contributed by atoms with van der Waals surface area (Å²) in [5.74, 6) is 0.181. The van der Waals surface area contributed by atoms with Crippen LogP contribution >= 0.6 is 23.4 Å². The van der Waals surface area contributed by atoms with E-state index >= 15 is 0 Å². The molecule has 1 aromatic carbocycles. The number of thioether (sulfide) groups is 1. The maximum absolute atomic E-state index is 12.3. The minimum Gasteiger partial charge on any atom is -0.393 e. The Bertz CT molecular complexity index is 512. The van der Waals surface area contributed by atoms with Crippen molar-refractivity contribution in [2.45, 2.75) is 30.3 Å². The highest BCUT2D eigenvalue weighted by Gasteiger charge is 2.27. The van der Waals surface area contributed by atoms with Gasteiger partial charge in [0.1, 0.15) is 0 Å². The summed E-state index contributed by atoms with van der Waals surface area (Å²) in [5.41, 5.74) is 0.721. The molecule has 2 atom stereocenters. The van der Waals surface area contributed by atoms with Crippen LogP contribution in [0.25, 0.3) is 0 Å². The molecular weight excluding hydrogens is 308 g/mol. The average Bonchev–Trinajstić information content (AvgIpc) is 2.84. The Labute approximate surface area is 134 Å². The van der Waals surface area contributed by atoms with Gasteiger partial charge in [-0.2, -0.15) is 0 Å². The Balaban J connectivity index is 1.98. The fourth-order valence-corrected chi connectivity index (χ4v) is 3.36. The molecule has 0 radical (unpaired) electrons. The second-order valence-corrected chi connectivity index (χ2v) is 6.70. The van der Waals surface area contributed by atoms with Gasteiger partial charge in [0.2, 0.25) is 0 Å². The van der Waals surface area contributed by atoms with Crippen LogP contribution in [0.5, 0.6) is 0 Å². The zero-order valence-corrected chi connectivity index (χ0v) is 13.9. The van der Waals surface area contributed by atoms with E-state index in [0.29, 0.717) is 11.6 Å². The van der Waals surface area contributed by atoms with Gasteiger partial charge in [0.05, 0.1) is 11.8 Å². The number of halogens is 1. The Morgan fingerprint density at radius 3 is 2.90 bits per heavy atom. The van der Waals surface area contributed by atoms with Crippen LogP contribution in [0, 0.1) is 5.92 Å². The summed E-state index contributed by atoms with van der Waals surface area (Å²) in [5, 5.41) is 13.3. The maximum atomic E-state index is 12.3. The van der Waals surface area contributed by atoms with Gasteiger partial charge >= 0.3 is 6.03 Å². The van der Waals surface area contributed by atoms with Crippen molar-refractivity contribution in [2.24, 2.45) is 5.92 Å². The molecule has 21 heavy (non-hydrogen) atoms. The number of carbonyl (C=O) groups excluding carboxylic acids is 1. The van der Waals surface area contributed by atoms with Crippen LogP contribution in [0.1, 0.15) is 19.3 Å². The highest BCUT2D eigenvalue weighted by Crippen LogP contribution is 2.29. The molecule has 0 saturated heterocycles. The van der Waals surface area contributed by atoms with Crippen LogP contribution in [-0.4, -0.2) is 42.0 Å². The summed E-state index contributed by atoms with van der Waals surface area (Å²) in [6.07, 6.45) is 4.52. The summed E-state index contributed by atoms with van der Waals surface area (Å²) in [4.78, 5) is 14.9. The van der Waals surface area contributed by atoms with E-state index in [9.17, 15) is 9.90 Å². The Kier molecular flexibility index (Phi) is 5.79. The molecule has 1 aliphatic carbocycles. The number of hydrogen-bond donors (Lipinski definition) is 2. The number of benzene rings is 1. The topological polar surface area (TPSA) is 52.6 Å². The smallest absolute Gasteiger partial charge is 0.321 e. The molecule has 2 amide bonds. The number of aliphatic hydroxyl groups is 1. The summed E-state index contributed by atoms with van der Waals surface area (Å²) < 4.78 is 0. The van der Waals surface area contributed by atoms with Gasteiger partial charge in [-0.1, -0.05) is 18.0 Å². The summed E-state index contributed by atoms with van der Waals surface area (Å²) in [7, 11) is 1.75. The van der Waals surface area contributed by atoms with Crippen LogP contribution < -0.4 is 5.32 Å². The molecule has 1 aromatic rings. The van der Waals surface area contributed by atoms with Gasteiger partial charge in [0.15, 0.2) is 0 Å². The lowest BCUT2D eigenvalue weighted by Crippen LogP contribution is -2.37. The molecule has 0 aromatic heterocycles. The van der Waals surface area contributed by atoms with Crippen LogP contribution in [-0.2, 0) is 0 Å². The minimum atomic E-state index is -0.284. The van der Waals surface area contributed by atoms with E-state index in [2.05, 4.69) is 5.32 Å². The Hall–Kier alpha value is -0.910. The molecular formula is C15H21ClN2O2S. The van der Waals surface area contributed by atoms with Crippen molar-refractivity contribution < 1.29 is 9.90 Å².